The summed E-state index contributed by atoms with van der Waals surface area (Å²) in [6.07, 6.45) is 0. The van der Waals surface area contributed by atoms with E-state index in [1.165, 1.54) is 11.3 Å². The van der Waals surface area contributed by atoms with Crippen LogP contribution in [-0.2, 0) is 0 Å². The highest BCUT2D eigenvalue weighted by Crippen LogP contribution is 2.27. The first-order valence-corrected chi connectivity index (χ1v) is 5.17. The molecule has 0 amide bonds. The molecule has 0 N–H and O–H groups in total. The molecule has 0 bridgehead atoms. The van der Waals surface area contributed by atoms with Crippen molar-refractivity contribution >= 4 is 38.9 Å². The van der Waals surface area contributed by atoms with Crippen molar-refractivity contribution in [2.45, 2.75) is 0 Å². The normalized spacial score (nSPS) is 10.5. The van der Waals surface area contributed by atoms with E-state index < -0.39 is 0 Å². The maximum absolute atomic E-state index is 5.67. The predicted molar refractivity (Wildman–Crippen MR) is 52.5 cm³/mol. The second kappa shape index (κ2) is 3.20. The van der Waals surface area contributed by atoms with E-state index in [2.05, 4.69) is 20.9 Å². The molecule has 0 aliphatic heterocycles. The molecule has 12 heavy (non-hydrogen) atoms. The van der Waals surface area contributed by atoms with Gasteiger partial charge in [-0.05, 0) is 28.1 Å². The summed E-state index contributed by atoms with van der Waals surface area (Å²) >= 11 is 10.3. The minimum absolute atomic E-state index is 0.525. The standard InChI is InChI=1S/C7H3BrClNOS/c8-6-2-1-5(11-6)4-3-12-7(9)10-4/h1-3H. The first-order valence-electron chi connectivity index (χ1n) is 3.12. The fourth-order valence-electron chi connectivity index (χ4n) is 0.817. The van der Waals surface area contributed by atoms with E-state index >= 15 is 0 Å². The lowest BCUT2D eigenvalue weighted by molar-refractivity contribution is 0.554. The average Bonchev–Trinajstić information content (AvgIpc) is 2.58. The number of furan rings is 1. The molecule has 2 rings (SSSR count). The van der Waals surface area contributed by atoms with Gasteiger partial charge in [0.05, 0.1) is 0 Å². The van der Waals surface area contributed by atoms with Gasteiger partial charge < -0.3 is 4.42 Å². The van der Waals surface area contributed by atoms with Crippen molar-refractivity contribution in [1.82, 2.24) is 4.98 Å². The second-order valence-electron chi connectivity index (χ2n) is 2.09. The van der Waals surface area contributed by atoms with Crippen LogP contribution in [0.4, 0.5) is 0 Å². The molecule has 0 saturated carbocycles. The lowest BCUT2D eigenvalue weighted by Crippen LogP contribution is -1.69. The van der Waals surface area contributed by atoms with Crippen molar-refractivity contribution in [2.24, 2.45) is 0 Å². The number of nitrogens with zero attached hydrogens (tertiary/aromatic N) is 1. The van der Waals surface area contributed by atoms with E-state index in [1.54, 1.807) is 0 Å². The van der Waals surface area contributed by atoms with E-state index in [0.29, 0.717) is 9.14 Å². The summed E-state index contributed by atoms with van der Waals surface area (Å²) in [5.74, 6) is 0.727. The summed E-state index contributed by atoms with van der Waals surface area (Å²) in [6.45, 7) is 0. The summed E-state index contributed by atoms with van der Waals surface area (Å²) in [5, 5.41) is 1.85. The molecule has 0 spiro atoms. The highest BCUT2D eigenvalue weighted by atomic mass is 79.9. The third-order valence-corrected chi connectivity index (χ3v) is 2.71. The molecule has 2 heterocycles. The molecular formula is C7H3BrClNOS. The predicted octanol–water partition coefficient (Wildman–Crippen LogP) is 3.82. The molecule has 2 nitrogen and oxygen atoms in total. The smallest absolute Gasteiger partial charge is 0.184 e. The highest BCUT2D eigenvalue weighted by molar-refractivity contribution is 9.10. The van der Waals surface area contributed by atoms with Crippen LogP contribution in [0.15, 0.2) is 26.6 Å². The molecule has 0 aliphatic rings. The van der Waals surface area contributed by atoms with Gasteiger partial charge in [-0.15, -0.1) is 11.3 Å². The molecule has 0 fully saturated rings. The van der Waals surface area contributed by atoms with Crippen LogP contribution in [0.25, 0.3) is 11.5 Å². The van der Waals surface area contributed by atoms with Crippen molar-refractivity contribution in [3.8, 4) is 11.5 Å². The van der Waals surface area contributed by atoms with Gasteiger partial charge in [-0.25, -0.2) is 4.98 Å². The maximum Gasteiger partial charge on any atom is 0.184 e. The molecule has 0 unspecified atom stereocenters. The van der Waals surface area contributed by atoms with Crippen LogP contribution in [0.1, 0.15) is 0 Å². The third-order valence-electron chi connectivity index (χ3n) is 1.30. The van der Waals surface area contributed by atoms with Gasteiger partial charge in [-0.2, -0.15) is 0 Å². The van der Waals surface area contributed by atoms with E-state index in [0.717, 1.165) is 11.5 Å². The van der Waals surface area contributed by atoms with Crippen LogP contribution >= 0.6 is 38.9 Å². The van der Waals surface area contributed by atoms with Gasteiger partial charge in [0.2, 0.25) is 0 Å². The molecule has 2 aromatic rings. The fourth-order valence-corrected chi connectivity index (χ4v) is 1.88. The van der Waals surface area contributed by atoms with Crippen LogP contribution in [-0.4, -0.2) is 4.98 Å². The Morgan fingerprint density at radius 3 is 2.83 bits per heavy atom. The minimum Gasteiger partial charge on any atom is -0.448 e. The Kier molecular flexibility index (Phi) is 2.21. The zero-order valence-electron chi connectivity index (χ0n) is 5.75. The van der Waals surface area contributed by atoms with Gasteiger partial charge in [0.1, 0.15) is 5.69 Å². The van der Waals surface area contributed by atoms with Crippen molar-refractivity contribution in [2.75, 3.05) is 0 Å². The van der Waals surface area contributed by atoms with Crippen LogP contribution in [0.3, 0.4) is 0 Å². The fraction of sp³-hybridized carbons (Fsp3) is 0. The van der Waals surface area contributed by atoms with Crippen LogP contribution in [0.2, 0.25) is 4.47 Å². The Morgan fingerprint density at radius 2 is 2.33 bits per heavy atom. The molecule has 2 aromatic heterocycles. The van der Waals surface area contributed by atoms with Crippen molar-refractivity contribution < 1.29 is 4.42 Å². The molecule has 0 radical (unpaired) electrons. The Morgan fingerprint density at radius 1 is 1.50 bits per heavy atom. The van der Waals surface area contributed by atoms with E-state index in [-0.39, 0.29) is 0 Å². The quantitative estimate of drug-likeness (QED) is 0.782. The Balaban J connectivity index is 2.43. The van der Waals surface area contributed by atoms with Gasteiger partial charge in [0.25, 0.3) is 0 Å². The summed E-state index contributed by atoms with van der Waals surface area (Å²) in [7, 11) is 0. The van der Waals surface area contributed by atoms with Gasteiger partial charge in [0, 0.05) is 5.38 Å². The largest absolute Gasteiger partial charge is 0.448 e. The summed E-state index contributed by atoms with van der Waals surface area (Å²) in [4.78, 5) is 4.06. The Bertz CT molecular complexity index is 359. The van der Waals surface area contributed by atoms with Crippen LogP contribution in [0, 0.1) is 0 Å². The Labute approximate surface area is 86.3 Å². The summed E-state index contributed by atoms with van der Waals surface area (Å²) in [5.41, 5.74) is 0.774. The van der Waals surface area contributed by atoms with Gasteiger partial charge in [0.15, 0.2) is 14.9 Å². The minimum atomic E-state index is 0.525. The highest BCUT2D eigenvalue weighted by Gasteiger charge is 2.06. The van der Waals surface area contributed by atoms with E-state index in [9.17, 15) is 0 Å². The first-order chi connectivity index (χ1) is 5.75. The number of rotatable bonds is 1. The van der Waals surface area contributed by atoms with Crippen LogP contribution < -0.4 is 0 Å². The monoisotopic (exact) mass is 263 g/mol. The maximum atomic E-state index is 5.67. The molecule has 0 atom stereocenters. The van der Waals surface area contributed by atoms with E-state index in [1.807, 2.05) is 17.5 Å². The molecule has 62 valence electrons. The van der Waals surface area contributed by atoms with Crippen molar-refractivity contribution in [3.05, 3.63) is 26.6 Å². The number of aromatic nitrogens is 1. The zero-order valence-corrected chi connectivity index (χ0v) is 8.91. The lowest BCUT2D eigenvalue weighted by atomic mass is 10.4. The summed E-state index contributed by atoms with van der Waals surface area (Å²) < 4.78 is 6.51. The molecule has 0 saturated heterocycles. The molecule has 0 aromatic carbocycles. The summed E-state index contributed by atoms with van der Waals surface area (Å²) in [6, 6.07) is 3.66. The van der Waals surface area contributed by atoms with Gasteiger partial charge >= 0.3 is 0 Å². The Hall–Kier alpha value is -0.320. The topological polar surface area (TPSA) is 26.0 Å². The lowest BCUT2D eigenvalue weighted by Gasteiger charge is -1.85. The van der Waals surface area contributed by atoms with Crippen LogP contribution in [0.5, 0.6) is 0 Å². The van der Waals surface area contributed by atoms with Gasteiger partial charge in [-0.1, -0.05) is 11.6 Å². The second-order valence-corrected chi connectivity index (χ2v) is 4.31. The zero-order chi connectivity index (χ0) is 8.55. The number of hydrogen-bond donors (Lipinski definition) is 0. The first kappa shape index (κ1) is 8.29. The van der Waals surface area contributed by atoms with Gasteiger partial charge in [-0.3, -0.25) is 0 Å². The number of thiazole rings is 1. The van der Waals surface area contributed by atoms with Crippen molar-refractivity contribution in [1.29, 1.82) is 0 Å². The molecular weight excluding hydrogens is 262 g/mol. The molecule has 0 aliphatic carbocycles. The average molecular weight is 265 g/mol. The number of hydrogen-bond acceptors (Lipinski definition) is 3. The SMILES string of the molecule is Clc1nc(-c2ccc(Br)o2)cs1. The number of halogens is 2. The van der Waals surface area contributed by atoms with E-state index in [4.69, 9.17) is 16.0 Å². The third kappa shape index (κ3) is 1.55. The van der Waals surface area contributed by atoms with Crippen molar-refractivity contribution in [3.63, 3.8) is 0 Å². The molecule has 5 heteroatoms.